The van der Waals surface area contributed by atoms with Crippen molar-refractivity contribution in [3.63, 3.8) is 0 Å². The van der Waals surface area contributed by atoms with Crippen LogP contribution in [-0.2, 0) is 14.4 Å². The SMILES string of the molecule is O=C(CC[NH+]1C(=O)C=C(Cl)C1=O)Nc1ccc(Cl)c(Cl)c1.[Cl-]. The predicted octanol–water partition coefficient (Wildman–Crippen LogP) is -1.60. The molecular weight excluding hydrogens is 374 g/mol. The number of hydrogen-bond donors (Lipinski definition) is 2. The van der Waals surface area contributed by atoms with Crippen LogP contribution in [0.4, 0.5) is 5.69 Å². The molecule has 0 saturated heterocycles. The fourth-order valence-corrected chi connectivity index (χ4v) is 2.31. The largest absolute Gasteiger partial charge is 1.00 e. The van der Waals surface area contributed by atoms with Crippen LogP contribution in [0.15, 0.2) is 29.3 Å². The minimum absolute atomic E-state index is 0. The van der Waals surface area contributed by atoms with E-state index in [1.54, 1.807) is 12.1 Å². The van der Waals surface area contributed by atoms with Crippen molar-refractivity contribution in [1.29, 1.82) is 0 Å². The minimum atomic E-state index is -0.510. The van der Waals surface area contributed by atoms with E-state index < -0.39 is 11.8 Å². The summed E-state index contributed by atoms with van der Waals surface area (Å²) in [5.41, 5.74) is 0.486. The summed E-state index contributed by atoms with van der Waals surface area (Å²) in [5, 5.41) is 3.20. The van der Waals surface area contributed by atoms with E-state index in [0.29, 0.717) is 15.7 Å². The monoisotopic (exact) mass is 382 g/mol. The molecule has 1 aliphatic heterocycles. The molecule has 1 atom stereocenters. The molecule has 1 aromatic carbocycles. The van der Waals surface area contributed by atoms with Gasteiger partial charge < -0.3 is 17.7 Å². The minimum Gasteiger partial charge on any atom is -1.00 e. The number of carbonyl (C=O) groups excluding carboxylic acids is 3. The highest BCUT2D eigenvalue weighted by Crippen LogP contribution is 2.24. The van der Waals surface area contributed by atoms with Gasteiger partial charge in [0.25, 0.3) is 0 Å². The average Bonchev–Trinajstić information content (AvgIpc) is 2.66. The molecule has 1 aromatic rings. The molecule has 0 radical (unpaired) electrons. The fourth-order valence-electron chi connectivity index (χ4n) is 1.80. The van der Waals surface area contributed by atoms with E-state index in [1.807, 2.05) is 0 Å². The third-order valence-electron chi connectivity index (χ3n) is 2.85. The molecule has 0 aromatic heterocycles. The van der Waals surface area contributed by atoms with Crippen molar-refractivity contribution in [1.82, 2.24) is 0 Å². The smallest absolute Gasteiger partial charge is 0.363 e. The Balaban J connectivity index is 0.00000242. The first-order valence-electron chi connectivity index (χ1n) is 5.95. The Morgan fingerprint density at radius 1 is 1.14 bits per heavy atom. The van der Waals surface area contributed by atoms with Crippen LogP contribution in [0.5, 0.6) is 0 Å². The molecule has 1 aliphatic rings. The molecule has 2 rings (SSSR count). The number of rotatable bonds is 4. The molecule has 3 amide bonds. The summed E-state index contributed by atoms with van der Waals surface area (Å²) in [5.74, 6) is -1.29. The molecule has 5 nitrogen and oxygen atoms in total. The van der Waals surface area contributed by atoms with E-state index in [2.05, 4.69) is 5.32 Å². The van der Waals surface area contributed by atoms with Gasteiger partial charge in [0.1, 0.15) is 6.54 Å². The molecule has 9 heteroatoms. The summed E-state index contributed by atoms with van der Waals surface area (Å²) >= 11 is 17.2. The lowest BCUT2D eigenvalue weighted by atomic mass is 10.3. The molecule has 1 unspecified atom stereocenters. The number of nitrogens with one attached hydrogen (secondary N) is 2. The highest BCUT2D eigenvalue weighted by molar-refractivity contribution is 6.44. The van der Waals surface area contributed by atoms with Crippen molar-refractivity contribution in [3.05, 3.63) is 39.4 Å². The van der Waals surface area contributed by atoms with Crippen LogP contribution in [-0.4, -0.2) is 24.3 Å². The van der Waals surface area contributed by atoms with Gasteiger partial charge >= 0.3 is 11.8 Å². The summed E-state index contributed by atoms with van der Waals surface area (Å²) in [6, 6.07) is 4.67. The normalized spacial score (nSPS) is 17.0. The van der Waals surface area contributed by atoms with Gasteiger partial charge in [-0.15, -0.1) is 0 Å². The maximum atomic E-state index is 11.8. The second kappa shape index (κ2) is 7.94. The van der Waals surface area contributed by atoms with Crippen LogP contribution in [0.2, 0.25) is 10.0 Å². The van der Waals surface area contributed by atoms with E-state index in [-0.39, 0.29) is 41.2 Å². The van der Waals surface area contributed by atoms with Crippen molar-refractivity contribution in [2.45, 2.75) is 6.42 Å². The highest BCUT2D eigenvalue weighted by Gasteiger charge is 2.36. The Bertz CT molecular complexity index is 661. The average molecular weight is 384 g/mol. The topological polar surface area (TPSA) is 67.7 Å². The number of benzene rings is 1. The lowest BCUT2D eigenvalue weighted by Crippen LogP contribution is -3.15. The van der Waals surface area contributed by atoms with E-state index >= 15 is 0 Å². The summed E-state index contributed by atoms with van der Waals surface area (Å²) in [6.07, 6.45) is 1.06. The van der Waals surface area contributed by atoms with E-state index in [1.165, 1.54) is 6.07 Å². The van der Waals surface area contributed by atoms with Crippen LogP contribution in [0.3, 0.4) is 0 Å². The summed E-state index contributed by atoms with van der Waals surface area (Å²) < 4.78 is 0. The second-order valence-corrected chi connectivity index (χ2v) is 5.56. The lowest BCUT2D eigenvalue weighted by Gasteiger charge is -2.09. The van der Waals surface area contributed by atoms with Crippen LogP contribution < -0.4 is 22.6 Å². The Hall–Kier alpha value is -1.11. The molecule has 2 N–H and O–H groups in total. The predicted molar refractivity (Wildman–Crippen MR) is 79.5 cm³/mol. The zero-order valence-corrected chi connectivity index (χ0v) is 14.0. The van der Waals surface area contributed by atoms with Gasteiger partial charge in [-0.2, -0.15) is 4.90 Å². The number of carbonyl (C=O) groups is 3. The standard InChI is InChI=1S/C13H9Cl3N2O3.ClH/c14-8-2-1-7(5-9(8)15)17-11(19)3-4-18-12(20)6-10(16)13(18)21;/h1-2,5-6H,3-4H2,(H,17,19);1H. The maximum Gasteiger partial charge on any atom is 0.363 e. The van der Waals surface area contributed by atoms with Crippen LogP contribution >= 0.6 is 34.8 Å². The summed E-state index contributed by atoms with van der Waals surface area (Å²) in [6.45, 7) is 0.0392. The van der Waals surface area contributed by atoms with Gasteiger partial charge in [0, 0.05) is 5.69 Å². The first kappa shape index (κ1) is 18.9. The number of imide groups is 1. The molecule has 0 aliphatic carbocycles. The molecule has 1 heterocycles. The lowest BCUT2D eigenvalue weighted by molar-refractivity contribution is -0.729. The molecule has 22 heavy (non-hydrogen) atoms. The Kier molecular flexibility index (Phi) is 6.84. The van der Waals surface area contributed by atoms with Crippen LogP contribution in [0, 0.1) is 0 Å². The molecule has 0 fully saturated rings. The number of anilines is 1. The van der Waals surface area contributed by atoms with Crippen molar-refractivity contribution in [2.75, 3.05) is 11.9 Å². The highest BCUT2D eigenvalue weighted by atomic mass is 35.5. The van der Waals surface area contributed by atoms with Gasteiger partial charge in [-0.3, -0.25) is 4.79 Å². The third-order valence-corrected chi connectivity index (χ3v) is 3.87. The molecular formula is C13H10Cl4N2O3. The van der Waals surface area contributed by atoms with Gasteiger partial charge in [-0.1, -0.05) is 34.8 Å². The van der Waals surface area contributed by atoms with Gasteiger partial charge in [0.15, 0.2) is 5.03 Å². The zero-order chi connectivity index (χ0) is 15.6. The third kappa shape index (κ3) is 4.44. The molecule has 118 valence electrons. The van der Waals surface area contributed by atoms with Gasteiger partial charge in [-0.25, -0.2) is 9.59 Å². The summed E-state index contributed by atoms with van der Waals surface area (Å²) in [7, 11) is 0. The quantitative estimate of drug-likeness (QED) is 0.615. The Morgan fingerprint density at radius 2 is 1.82 bits per heavy atom. The van der Waals surface area contributed by atoms with Crippen molar-refractivity contribution in [2.24, 2.45) is 0 Å². The molecule has 0 bridgehead atoms. The second-order valence-electron chi connectivity index (χ2n) is 4.34. The number of quaternary nitrogens is 1. The number of halogens is 4. The Labute approximate surface area is 147 Å². The maximum absolute atomic E-state index is 11.8. The Morgan fingerprint density at radius 3 is 2.36 bits per heavy atom. The first-order valence-corrected chi connectivity index (χ1v) is 7.09. The van der Waals surface area contributed by atoms with Crippen LogP contribution in [0.1, 0.15) is 6.42 Å². The van der Waals surface area contributed by atoms with E-state index in [4.69, 9.17) is 34.8 Å². The molecule has 0 spiro atoms. The van der Waals surface area contributed by atoms with E-state index in [0.717, 1.165) is 6.08 Å². The van der Waals surface area contributed by atoms with Crippen LogP contribution in [0.25, 0.3) is 0 Å². The first-order chi connectivity index (χ1) is 9.88. The van der Waals surface area contributed by atoms with Crippen molar-refractivity contribution >= 4 is 58.2 Å². The van der Waals surface area contributed by atoms with Crippen molar-refractivity contribution < 1.29 is 31.7 Å². The van der Waals surface area contributed by atoms with Crippen molar-refractivity contribution in [3.8, 4) is 0 Å². The van der Waals surface area contributed by atoms with Gasteiger partial charge in [0.05, 0.1) is 22.5 Å². The van der Waals surface area contributed by atoms with Gasteiger partial charge in [0.2, 0.25) is 5.91 Å². The zero-order valence-electron chi connectivity index (χ0n) is 11.0. The van der Waals surface area contributed by atoms with E-state index in [9.17, 15) is 14.4 Å². The number of hydrogen-bond acceptors (Lipinski definition) is 3. The fraction of sp³-hybridized carbons (Fsp3) is 0.154. The number of amides is 3. The summed E-state index contributed by atoms with van der Waals surface area (Å²) in [4.78, 5) is 34.8. The van der Waals surface area contributed by atoms with Gasteiger partial charge in [-0.05, 0) is 18.2 Å². The molecule has 0 saturated carbocycles.